The molecule has 0 saturated carbocycles. The summed E-state index contributed by atoms with van der Waals surface area (Å²) >= 11 is 0. The minimum Gasteiger partial charge on any atom is -0.480 e. The van der Waals surface area contributed by atoms with Crippen molar-refractivity contribution in [2.45, 2.75) is 103 Å². The summed E-state index contributed by atoms with van der Waals surface area (Å²) in [5, 5.41) is 15.1. The number of amides is 2. The Kier molecular flexibility index (Phi) is 21.2. The van der Waals surface area contributed by atoms with Gasteiger partial charge in [0.05, 0.1) is 5.56 Å². The van der Waals surface area contributed by atoms with Crippen LogP contribution in [0.1, 0.15) is 106 Å². The van der Waals surface area contributed by atoms with Crippen molar-refractivity contribution < 1.29 is 19.5 Å². The smallest absolute Gasteiger partial charge is 0.326 e. The first kappa shape index (κ1) is 38.4. The van der Waals surface area contributed by atoms with Crippen molar-refractivity contribution in [3.8, 4) is 0 Å². The molecule has 1 aliphatic heterocycles. The van der Waals surface area contributed by atoms with E-state index in [0.29, 0.717) is 44.2 Å². The fourth-order valence-corrected chi connectivity index (χ4v) is 5.04. The standard InChI is InChI=1S/C38H56N4O4/c1-2-3-4-5-6-7-8-9-10-11-12-13-14-15-16-17-18-24-36(43)41-35(38(45)46)23-19-20-28-39-37(44)33-25-26-34(40-32-33)27-31-42-29-21-22-30-42/h3-4,6-7,9-10,12-13,15-16,25-26,32,35H,2,5,8,11,14,17-24,27-31H2,1H3,(H,39,44)(H,41,43)(H,45,46)/t35-/m0/s1. The van der Waals surface area contributed by atoms with E-state index in [-0.39, 0.29) is 11.8 Å². The number of carbonyl (C=O) groups is 3. The van der Waals surface area contributed by atoms with Gasteiger partial charge in [-0.2, -0.15) is 0 Å². The molecule has 0 unspecified atom stereocenters. The first-order valence-corrected chi connectivity index (χ1v) is 17.2. The fraction of sp³-hybridized carbons (Fsp3) is 0.526. The van der Waals surface area contributed by atoms with E-state index in [1.807, 2.05) is 6.07 Å². The average molecular weight is 633 g/mol. The number of rotatable bonds is 24. The van der Waals surface area contributed by atoms with E-state index in [4.69, 9.17) is 0 Å². The number of carbonyl (C=O) groups excluding carboxylic acids is 2. The number of hydrogen-bond acceptors (Lipinski definition) is 5. The number of hydrogen-bond donors (Lipinski definition) is 3. The van der Waals surface area contributed by atoms with Crippen molar-refractivity contribution in [2.75, 3.05) is 26.2 Å². The SMILES string of the molecule is CCC=CCC=CCC=CCC=CCC=CCCCC(=O)N[C@@H](CCCCNC(=O)c1ccc(CCN2CCCC2)nc1)C(=O)O. The van der Waals surface area contributed by atoms with E-state index in [1.54, 1.807) is 12.3 Å². The fourth-order valence-electron chi connectivity index (χ4n) is 5.04. The Balaban J connectivity index is 1.50. The number of carboxylic acids is 1. The zero-order chi connectivity index (χ0) is 33.1. The number of unbranched alkanes of at least 4 members (excludes halogenated alkanes) is 2. The highest BCUT2D eigenvalue weighted by Crippen LogP contribution is 2.09. The van der Waals surface area contributed by atoms with Crippen molar-refractivity contribution in [1.82, 2.24) is 20.5 Å². The molecule has 252 valence electrons. The largest absolute Gasteiger partial charge is 0.480 e. The molecule has 0 radical (unpaired) electrons. The van der Waals surface area contributed by atoms with Crippen LogP contribution in [-0.4, -0.2) is 65.0 Å². The highest BCUT2D eigenvalue weighted by molar-refractivity contribution is 5.93. The van der Waals surface area contributed by atoms with Gasteiger partial charge in [-0.25, -0.2) is 4.79 Å². The predicted octanol–water partition coefficient (Wildman–Crippen LogP) is 7.11. The maximum Gasteiger partial charge on any atom is 0.326 e. The van der Waals surface area contributed by atoms with Gasteiger partial charge in [-0.1, -0.05) is 67.7 Å². The van der Waals surface area contributed by atoms with Crippen molar-refractivity contribution >= 4 is 17.8 Å². The lowest BCUT2D eigenvalue weighted by atomic mass is 10.1. The average Bonchev–Trinajstić information content (AvgIpc) is 3.58. The lowest BCUT2D eigenvalue weighted by Crippen LogP contribution is -2.40. The molecule has 46 heavy (non-hydrogen) atoms. The summed E-state index contributed by atoms with van der Waals surface area (Å²) in [5.74, 6) is -1.47. The first-order valence-electron chi connectivity index (χ1n) is 17.2. The molecule has 8 nitrogen and oxygen atoms in total. The normalized spacial score (nSPS) is 14.8. The zero-order valence-electron chi connectivity index (χ0n) is 27.9. The predicted molar refractivity (Wildman–Crippen MR) is 188 cm³/mol. The molecule has 0 bridgehead atoms. The summed E-state index contributed by atoms with van der Waals surface area (Å²) in [6.45, 7) is 5.89. The minimum absolute atomic E-state index is 0.186. The Labute approximate surface area is 276 Å². The Morgan fingerprint density at radius 2 is 1.50 bits per heavy atom. The highest BCUT2D eigenvalue weighted by Gasteiger charge is 2.19. The molecule has 3 N–H and O–H groups in total. The van der Waals surface area contributed by atoms with Crippen LogP contribution in [0.2, 0.25) is 0 Å². The van der Waals surface area contributed by atoms with E-state index in [9.17, 15) is 19.5 Å². The van der Waals surface area contributed by atoms with Crippen LogP contribution in [0.4, 0.5) is 0 Å². The summed E-state index contributed by atoms with van der Waals surface area (Å²) in [5.41, 5.74) is 1.50. The molecule has 0 aromatic carbocycles. The van der Waals surface area contributed by atoms with Crippen LogP contribution >= 0.6 is 0 Å². The van der Waals surface area contributed by atoms with Crippen LogP contribution in [0.15, 0.2) is 79.1 Å². The Bertz CT molecular complexity index is 1150. The van der Waals surface area contributed by atoms with Gasteiger partial charge in [0.25, 0.3) is 5.91 Å². The molecule has 2 heterocycles. The monoisotopic (exact) mass is 632 g/mol. The van der Waals surface area contributed by atoms with E-state index >= 15 is 0 Å². The maximum atomic E-state index is 12.4. The molecule has 8 heteroatoms. The molecule has 1 fully saturated rings. The Morgan fingerprint density at radius 3 is 2.09 bits per heavy atom. The molecular formula is C38H56N4O4. The zero-order valence-corrected chi connectivity index (χ0v) is 27.9. The number of nitrogens with zero attached hydrogens (tertiary/aromatic N) is 2. The van der Waals surface area contributed by atoms with E-state index in [2.05, 4.69) is 88.2 Å². The van der Waals surface area contributed by atoms with Crippen LogP contribution in [0, 0.1) is 0 Å². The summed E-state index contributed by atoms with van der Waals surface area (Å²) in [6, 6.07) is 2.79. The second-order valence-electron chi connectivity index (χ2n) is 11.6. The molecule has 1 aromatic rings. The number of aliphatic carboxylic acids is 1. The van der Waals surface area contributed by atoms with Gasteiger partial charge in [0.15, 0.2) is 0 Å². The minimum atomic E-state index is -1.04. The number of pyridine rings is 1. The first-order chi connectivity index (χ1) is 22.5. The van der Waals surface area contributed by atoms with Gasteiger partial charge in [0, 0.05) is 37.8 Å². The molecule has 2 amide bonds. The lowest BCUT2D eigenvalue weighted by molar-refractivity contribution is -0.142. The van der Waals surface area contributed by atoms with Gasteiger partial charge in [-0.15, -0.1) is 0 Å². The third-order valence-electron chi connectivity index (χ3n) is 7.74. The molecule has 0 spiro atoms. The van der Waals surface area contributed by atoms with Gasteiger partial charge in [-0.05, 0) is 102 Å². The van der Waals surface area contributed by atoms with Gasteiger partial charge >= 0.3 is 5.97 Å². The molecular weight excluding hydrogens is 576 g/mol. The van der Waals surface area contributed by atoms with Crippen molar-refractivity contribution in [2.24, 2.45) is 0 Å². The van der Waals surface area contributed by atoms with Gasteiger partial charge in [-0.3, -0.25) is 14.6 Å². The Hall–Kier alpha value is -3.78. The van der Waals surface area contributed by atoms with Crippen molar-refractivity contribution in [1.29, 1.82) is 0 Å². The van der Waals surface area contributed by atoms with Gasteiger partial charge in [0.1, 0.15) is 6.04 Å². The van der Waals surface area contributed by atoms with E-state index in [0.717, 1.165) is 70.3 Å². The van der Waals surface area contributed by atoms with Crippen molar-refractivity contribution in [3.63, 3.8) is 0 Å². The number of carboxylic acid groups (broad SMARTS) is 1. The number of allylic oxidation sites excluding steroid dienone is 10. The Morgan fingerprint density at radius 1 is 0.870 bits per heavy atom. The van der Waals surface area contributed by atoms with E-state index < -0.39 is 12.0 Å². The summed E-state index contributed by atoms with van der Waals surface area (Å²) in [6.07, 6.45) is 34.6. The molecule has 1 aliphatic rings. The summed E-state index contributed by atoms with van der Waals surface area (Å²) < 4.78 is 0. The molecule has 2 rings (SSSR count). The van der Waals surface area contributed by atoms with Crippen LogP contribution in [-0.2, 0) is 16.0 Å². The lowest BCUT2D eigenvalue weighted by Gasteiger charge is -2.14. The summed E-state index contributed by atoms with van der Waals surface area (Å²) in [4.78, 5) is 43.3. The molecule has 0 aliphatic carbocycles. The highest BCUT2D eigenvalue weighted by atomic mass is 16.4. The quantitative estimate of drug-likeness (QED) is 0.0827. The van der Waals surface area contributed by atoms with Crippen LogP contribution < -0.4 is 10.6 Å². The maximum absolute atomic E-state index is 12.4. The van der Waals surface area contributed by atoms with Gasteiger partial charge < -0.3 is 20.6 Å². The summed E-state index contributed by atoms with van der Waals surface area (Å²) in [7, 11) is 0. The number of likely N-dealkylation sites (tertiary alicyclic amines) is 1. The molecule has 1 atom stereocenters. The topological polar surface area (TPSA) is 112 Å². The van der Waals surface area contributed by atoms with Crippen LogP contribution in [0.25, 0.3) is 0 Å². The van der Waals surface area contributed by atoms with Crippen LogP contribution in [0.5, 0.6) is 0 Å². The van der Waals surface area contributed by atoms with Gasteiger partial charge in [0.2, 0.25) is 5.91 Å². The number of aromatic nitrogens is 1. The third kappa shape index (κ3) is 18.9. The molecule has 1 saturated heterocycles. The second-order valence-corrected chi connectivity index (χ2v) is 11.6. The van der Waals surface area contributed by atoms with E-state index in [1.165, 1.54) is 12.8 Å². The third-order valence-corrected chi connectivity index (χ3v) is 7.74. The molecule has 1 aromatic heterocycles. The van der Waals surface area contributed by atoms with Crippen LogP contribution in [0.3, 0.4) is 0 Å². The van der Waals surface area contributed by atoms with Crippen molar-refractivity contribution in [3.05, 3.63) is 90.3 Å². The second kappa shape index (κ2) is 25.4. The number of nitrogens with one attached hydrogen (secondary N) is 2.